The Balaban J connectivity index is 1.50. The number of carbonyl (C=O) groups is 1. The summed E-state index contributed by atoms with van der Waals surface area (Å²) in [5, 5.41) is 6.19. The van der Waals surface area contributed by atoms with Gasteiger partial charge in [-0.2, -0.15) is 0 Å². The maximum absolute atomic E-state index is 12.0. The van der Waals surface area contributed by atoms with E-state index in [1.807, 2.05) is 18.2 Å². The predicted molar refractivity (Wildman–Crippen MR) is 82.1 cm³/mol. The fraction of sp³-hybridized carbons (Fsp3) is 0.533. The number of hydrogen-bond acceptors (Lipinski definition) is 4. The molecule has 2 unspecified atom stereocenters. The van der Waals surface area contributed by atoms with Crippen LogP contribution in [-0.4, -0.2) is 38.9 Å². The number of fused-ring (bicyclic) bond motifs is 1. The molecule has 3 rings (SSSR count). The first-order valence-corrected chi connectivity index (χ1v) is 9.15. The van der Waals surface area contributed by atoms with Crippen LogP contribution in [0.25, 0.3) is 0 Å². The Bertz CT molecular complexity index is 642. The van der Waals surface area contributed by atoms with Crippen molar-refractivity contribution < 1.29 is 13.2 Å². The van der Waals surface area contributed by atoms with Gasteiger partial charge in [0.1, 0.15) is 0 Å². The van der Waals surface area contributed by atoms with Gasteiger partial charge in [-0.25, -0.2) is 8.42 Å². The summed E-state index contributed by atoms with van der Waals surface area (Å²) in [6.45, 7) is 1.25. The third-order valence-corrected chi connectivity index (χ3v) is 6.12. The highest BCUT2D eigenvalue weighted by Gasteiger charge is 2.29. The summed E-state index contributed by atoms with van der Waals surface area (Å²) >= 11 is 0. The minimum Gasteiger partial charge on any atom is -0.384 e. The average molecular weight is 308 g/mol. The fourth-order valence-corrected chi connectivity index (χ4v) is 4.99. The molecular weight excluding hydrogens is 288 g/mol. The van der Waals surface area contributed by atoms with Crippen molar-refractivity contribution in [3.05, 3.63) is 29.8 Å². The number of para-hydroxylation sites is 1. The van der Waals surface area contributed by atoms with Crippen LogP contribution in [0, 0.1) is 5.92 Å². The van der Waals surface area contributed by atoms with Crippen LogP contribution < -0.4 is 10.6 Å². The largest absolute Gasteiger partial charge is 0.384 e. The molecule has 2 N–H and O–H groups in total. The standard InChI is InChI=1S/C15H20N2O3S/c18-15(17-8-11-5-6-21(19,20)10-11)7-12-9-16-14-4-2-1-3-13(12)14/h1-4,11-12,16H,5-10H2,(H,17,18). The highest BCUT2D eigenvalue weighted by Crippen LogP contribution is 2.33. The van der Waals surface area contributed by atoms with Crippen LogP contribution in [0.15, 0.2) is 24.3 Å². The molecule has 5 nitrogen and oxygen atoms in total. The minimum absolute atomic E-state index is 0.00259. The Hall–Kier alpha value is -1.56. The molecule has 2 aliphatic rings. The molecule has 1 amide bonds. The molecule has 2 atom stereocenters. The number of nitrogens with one attached hydrogen (secondary N) is 2. The van der Waals surface area contributed by atoms with E-state index in [1.165, 1.54) is 5.56 Å². The highest BCUT2D eigenvalue weighted by atomic mass is 32.2. The molecule has 0 radical (unpaired) electrons. The van der Waals surface area contributed by atoms with Gasteiger partial charge in [-0.1, -0.05) is 18.2 Å². The molecule has 0 spiro atoms. The molecule has 0 bridgehead atoms. The topological polar surface area (TPSA) is 75.3 Å². The second kappa shape index (κ2) is 5.67. The summed E-state index contributed by atoms with van der Waals surface area (Å²) < 4.78 is 22.8. The number of amides is 1. The zero-order chi connectivity index (χ0) is 14.9. The van der Waals surface area contributed by atoms with Crippen molar-refractivity contribution >= 4 is 21.4 Å². The van der Waals surface area contributed by atoms with Gasteiger partial charge in [0.2, 0.25) is 5.91 Å². The lowest BCUT2D eigenvalue weighted by molar-refractivity contribution is -0.121. The number of carbonyl (C=O) groups excluding carboxylic acids is 1. The smallest absolute Gasteiger partial charge is 0.220 e. The number of benzene rings is 1. The Morgan fingerprint density at radius 3 is 2.90 bits per heavy atom. The molecule has 0 saturated carbocycles. The number of anilines is 1. The van der Waals surface area contributed by atoms with Crippen LogP contribution in [0.4, 0.5) is 5.69 Å². The van der Waals surface area contributed by atoms with Gasteiger partial charge in [0.15, 0.2) is 9.84 Å². The summed E-state index contributed by atoms with van der Waals surface area (Å²) in [7, 11) is -2.87. The van der Waals surface area contributed by atoms with E-state index in [0.717, 1.165) is 12.2 Å². The van der Waals surface area contributed by atoms with Crippen molar-refractivity contribution in [2.24, 2.45) is 5.92 Å². The molecule has 6 heteroatoms. The van der Waals surface area contributed by atoms with Gasteiger partial charge in [-0.3, -0.25) is 4.79 Å². The summed E-state index contributed by atoms with van der Waals surface area (Å²) in [5.41, 5.74) is 2.30. The Kier molecular flexibility index (Phi) is 3.89. The van der Waals surface area contributed by atoms with Crippen molar-refractivity contribution in [3.8, 4) is 0 Å². The monoisotopic (exact) mass is 308 g/mol. The van der Waals surface area contributed by atoms with Crippen LogP contribution in [0.2, 0.25) is 0 Å². The quantitative estimate of drug-likeness (QED) is 0.874. The van der Waals surface area contributed by atoms with Gasteiger partial charge in [-0.05, 0) is 24.0 Å². The molecular formula is C15H20N2O3S. The molecule has 0 aromatic heterocycles. The highest BCUT2D eigenvalue weighted by molar-refractivity contribution is 7.91. The van der Waals surface area contributed by atoms with E-state index in [-0.39, 0.29) is 29.2 Å². The third kappa shape index (κ3) is 3.37. The summed E-state index contributed by atoms with van der Waals surface area (Å²) in [4.78, 5) is 12.0. The van der Waals surface area contributed by atoms with Gasteiger partial charge < -0.3 is 10.6 Å². The predicted octanol–water partition coefficient (Wildman–Crippen LogP) is 1.14. The van der Waals surface area contributed by atoms with E-state index in [4.69, 9.17) is 0 Å². The summed E-state index contributed by atoms with van der Waals surface area (Å²) in [5.74, 6) is 0.749. The minimum atomic E-state index is -2.87. The van der Waals surface area contributed by atoms with Crippen LogP contribution in [-0.2, 0) is 14.6 Å². The zero-order valence-electron chi connectivity index (χ0n) is 11.8. The van der Waals surface area contributed by atoms with Crippen molar-refractivity contribution in [2.45, 2.75) is 18.8 Å². The van der Waals surface area contributed by atoms with E-state index in [1.54, 1.807) is 0 Å². The first-order chi connectivity index (χ1) is 10.0. The molecule has 1 saturated heterocycles. The molecule has 21 heavy (non-hydrogen) atoms. The van der Waals surface area contributed by atoms with Crippen molar-refractivity contribution in [3.63, 3.8) is 0 Å². The van der Waals surface area contributed by atoms with Gasteiger partial charge in [0.05, 0.1) is 11.5 Å². The molecule has 1 fully saturated rings. The molecule has 1 aromatic rings. The van der Waals surface area contributed by atoms with E-state index in [9.17, 15) is 13.2 Å². The average Bonchev–Trinajstić information content (AvgIpc) is 3.01. The lowest BCUT2D eigenvalue weighted by Gasteiger charge is -2.13. The van der Waals surface area contributed by atoms with Crippen LogP contribution in [0.1, 0.15) is 24.3 Å². The fourth-order valence-electron chi connectivity index (χ4n) is 3.13. The normalized spacial score (nSPS) is 26.1. The second-order valence-corrected chi connectivity index (χ2v) is 8.17. The van der Waals surface area contributed by atoms with Gasteiger partial charge in [0.25, 0.3) is 0 Å². The van der Waals surface area contributed by atoms with E-state index < -0.39 is 9.84 Å². The van der Waals surface area contributed by atoms with Crippen molar-refractivity contribution in [2.75, 3.05) is 29.9 Å². The van der Waals surface area contributed by atoms with Gasteiger partial charge in [0, 0.05) is 31.1 Å². The second-order valence-electron chi connectivity index (χ2n) is 5.94. The lowest BCUT2D eigenvalue weighted by Crippen LogP contribution is -2.31. The Morgan fingerprint density at radius 1 is 1.33 bits per heavy atom. The lowest BCUT2D eigenvalue weighted by atomic mass is 9.97. The molecule has 2 heterocycles. The Labute approximate surface area is 125 Å². The van der Waals surface area contributed by atoms with Gasteiger partial charge >= 0.3 is 0 Å². The first kappa shape index (κ1) is 14.4. The zero-order valence-corrected chi connectivity index (χ0v) is 12.7. The molecule has 2 aliphatic heterocycles. The first-order valence-electron chi connectivity index (χ1n) is 7.33. The SMILES string of the molecule is O=C(CC1CNc2ccccc21)NCC1CCS(=O)(=O)C1. The maximum atomic E-state index is 12.0. The summed E-state index contributed by atoms with van der Waals surface area (Å²) in [6, 6.07) is 8.04. The van der Waals surface area contributed by atoms with Crippen LogP contribution in [0.3, 0.4) is 0 Å². The van der Waals surface area contributed by atoms with Crippen molar-refractivity contribution in [1.82, 2.24) is 5.32 Å². The van der Waals surface area contributed by atoms with E-state index >= 15 is 0 Å². The maximum Gasteiger partial charge on any atom is 0.220 e. The molecule has 1 aromatic carbocycles. The van der Waals surface area contributed by atoms with Crippen LogP contribution >= 0.6 is 0 Å². The van der Waals surface area contributed by atoms with Crippen LogP contribution in [0.5, 0.6) is 0 Å². The van der Waals surface area contributed by atoms with Gasteiger partial charge in [-0.15, -0.1) is 0 Å². The number of hydrogen-bond donors (Lipinski definition) is 2. The van der Waals surface area contributed by atoms with E-state index in [0.29, 0.717) is 19.4 Å². The molecule has 114 valence electrons. The van der Waals surface area contributed by atoms with Crippen molar-refractivity contribution in [1.29, 1.82) is 0 Å². The third-order valence-electron chi connectivity index (χ3n) is 4.29. The molecule has 0 aliphatic carbocycles. The number of rotatable bonds is 4. The van der Waals surface area contributed by atoms with E-state index in [2.05, 4.69) is 16.7 Å². The summed E-state index contributed by atoms with van der Waals surface area (Å²) in [6.07, 6.45) is 1.11. The Morgan fingerprint density at radius 2 is 2.14 bits per heavy atom. The number of sulfone groups is 1.